The van der Waals surface area contributed by atoms with Gasteiger partial charge in [-0.15, -0.1) is 0 Å². The third-order valence-electron chi connectivity index (χ3n) is 3.96. The lowest BCUT2D eigenvalue weighted by molar-refractivity contribution is -0.137. The summed E-state index contributed by atoms with van der Waals surface area (Å²) in [6.07, 6.45) is -2.49. The predicted molar refractivity (Wildman–Crippen MR) is 84.2 cm³/mol. The van der Waals surface area contributed by atoms with E-state index in [-0.39, 0.29) is 5.56 Å². The number of aryl methyl sites for hydroxylation is 1. The van der Waals surface area contributed by atoms with Crippen LogP contribution >= 0.6 is 0 Å². The Balaban J connectivity index is 1.97. The van der Waals surface area contributed by atoms with E-state index >= 15 is 0 Å². The number of alkyl halides is 3. The van der Waals surface area contributed by atoms with Crippen molar-refractivity contribution in [3.8, 4) is 0 Å². The molecule has 0 amide bonds. The fourth-order valence-electron chi connectivity index (χ4n) is 2.74. The van der Waals surface area contributed by atoms with E-state index in [0.29, 0.717) is 12.1 Å². The molecule has 24 heavy (non-hydrogen) atoms. The SMILES string of the molecule is Cc1cn(Cc2ccc(C(F)(F)F)cc2)c2cc(C(=O)O)ccc12. The Morgan fingerprint density at radius 1 is 1.12 bits per heavy atom. The molecule has 0 aliphatic carbocycles. The normalized spacial score (nSPS) is 11.8. The summed E-state index contributed by atoms with van der Waals surface area (Å²) in [6, 6.07) is 9.84. The van der Waals surface area contributed by atoms with Crippen molar-refractivity contribution in [2.24, 2.45) is 0 Å². The van der Waals surface area contributed by atoms with E-state index in [2.05, 4.69) is 0 Å². The number of hydrogen-bond acceptors (Lipinski definition) is 1. The molecule has 1 aromatic heterocycles. The second kappa shape index (κ2) is 5.70. The smallest absolute Gasteiger partial charge is 0.416 e. The maximum absolute atomic E-state index is 12.6. The van der Waals surface area contributed by atoms with Crippen LogP contribution in [0, 0.1) is 6.92 Å². The molecule has 0 saturated carbocycles. The summed E-state index contributed by atoms with van der Waals surface area (Å²) in [4.78, 5) is 11.1. The van der Waals surface area contributed by atoms with Crippen LogP contribution in [0.4, 0.5) is 13.2 Å². The first-order valence-electron chi connectivity index (χ1n) is 7.24. The average molecular weight is 333 g/mol. The van der Waals surface area contributed by atoms with Gasteiger partial charge >= 0.3 is 12.1 Å². The van der Waals surface area contributed by atoms with Crippen molar-refractivity contribution in [2.45, 2.75) is 19.6 Å². The lowest BCUT2D eigenvalue weighted by Gasteiger charge is -2.09. The number of nitrogens with zero attached hydrogens (tertiary/aromatic N) is 1. The number of benzene rings is 2. The van der Waals surface area contributed by atoms with Crippen molar-refractivity contribution in [1.29, 1.82) is 0 Å². The van der Waals surface area contributed by atoms with Crippen LogP contribution in [0.25, 0.3) is 10.9 Å². The highest BCUT2D eigenvalue weighted by atomic mass is 19.4. The molecule has 0 spiro atoms. The zero-order valence-corrected chi connectivity index (χ0v) is 12.8. The van der Waals surface area contributed by atoms with Gasteiger partial charge in [0.05, 0.1) is 11.1 Å². The molecule has 0 atom stereocenters. The first-order valence-corrected chi connectivity index (χ1v) is 7.24. The first kappa shape index (κ1) is 16.1. The summed E-state index contributed by atoms with van der Waals surface area (Å²) in [5, 5.41) is 10.0. The Labute approximate surface area is 136 Å². The summed E-state index contributed by atoms with van der Waals surface area (Å²) < 4.78 is 39.7. The summed E-state index contributed by atoms with van der Waals surface area (Å²) in [6.45, 7) is 2.28. The Kier molecular flexibility index (Phi) is 3.83. The fourth-order valence-corrected chi connectivity index (χ4v) is 2.74. The minimum absolute atomic E-state index is 0.175. The summed E-state index contributed by atoms with van der Waals surface area (Å²) in [5.74, 6) is -1.02. The third-order valence-corrected chi connectivity index (χ3v) is 3.96. The molecule has 2 aromatic carbocycles. The second-order valence-electron chi connectivity index (χ2n) is 5.67. The molecule has 0 aliphatic heterocycles. The molecule has 3 aromatic rings. The molecule has 3 rings (SSSR count). The molecule has 3 nitrogen and oxygen atoms in total. The van der Waals surface area contributed by atoms with Gasteiger partial charge in [-0.25, -0.2) is 4.79 Å². The van der Waals surface area contributed by atoms with Crippen LogP contribution in [0.1, 0.15) is 27.0 Å². The molecule has 1 N–H and O–H groups in total. The fraction of sp³-hybridized carbons (Fsp3) is 0.167. The molecular formula is C18H14F3NO2. The highest BCUT2D eigenvalue weighted by Gasteiger charge is 2.29. The molecule has 1 heterocycles. The van der Waals surface area contributed by atoms with Crippen molar-refractivity contribution >= 4 is 16.9 Å². The molecule has 0 saturated heterocycles. The van der Waals surface area contributed by atoms with Gasteiger partial charge < -0.3 is 9.67 Å². The quantitative estimate of drug-likeness (QED) is 0.754. The Morgan fingerprint density at radius 2 is 1.79 bits per heavy atom. The number of rotatable bonds is 3. The van der Waals surface area contributed by atoms with Crippen LogP contribution in [0.5, 0.6) is 0 Å². The number of fused-ring (bicyclic) bond motifs is 1. The van der Waals surface area contributed by atoms with E-state index in [4.69, 9.17) is 5.11 Å². The number of carboxylic acids is 1. The van der Waals surface area contributed by atoms with E-state index in [1.165, 1.54) is 12.1 Å². The number of aromatic nitrogens is 1. The number of carboxylic acid groups (broad SMARTS) is 1. The summed E-state index contributed by atoms with van der Waals surface area (Å²) in [7, 11) is 0. The monoisotopic (exact) mass is 333 g/mol. The minimum atomic E-state index is -4.36. The van der Waals surface area contributed by atoms with Crippen LogP contribution < -0.4 is 0 Å². The van der Waals surface area contributed by atoms with E-state index in [9.17, 15) is 18.0 Å². The van der Waals surface area contributed by atoms with Crippen LogP contribution in [-0.4, -0.2) is 15.6 Å². The van der Waals surface area contributed by atoms with E-state index < -0.39 is 17.7 Å². The average Bonchev–Trinajstić information content (AvgIpc) is 2.83. The van der Waals surface area contributed by atoms with Gasteiger partial charge in [0, 0.05) is 23.6 Å². The van der Waals surface area contributed by atoms with Gasteiger partial charge in [0.2, 0.25) is 0 Å². The lowest BCUT2D eigenvalue weighted by atomic mass is 10.1. The molecule has 0 bridgehead atoms. The molecule has 6 heteroatoms. The zero-order valence-electron chi connectivity index (χ0n) is 12.8. The van der Waals surface area contributed by atoms with Gasteiger partial charge in [-0.2, -0.15) is 13.2 Å². The van der Waals surface area contributed by atoms with E-state index in [0.717, 1.165) is 28.6 Å². The standard InChI is InChI=1S/C18H14F3NO2/c1-11-9-22(16-8-13(17(23)24)4-7-15(11)16)10-12-2-5-14(6-3-12)18(19,20)21/h2-9H,10H2,1H3,(H,23,24). The highest BCUT2D eigenvalue weighted by molar-refractivity contribution is 5.94. The zero-order chi connectivity index (χ0) is 17.5. The van der Waals surface area contributed by atoms with E-state index in [1.54, 1.807) is 18.2 Å². The highest BCUT2D eigenvalue weighted by Crippen LogP contribution is 2.29. The van der Waals surface area contributed by atoms with Gasteiger partial charge in [0.15, 0.2) is 0 Å². The predicted octanol–water partition coefficient (Wildman–Crippen LogP) is 4.72. The summed E-state index contributed by atoms with van der Waals surface area (Å²) >= 11 is 0. The molecule has 124 valence electrons. The maximum atomic E-state index is 12.6. The van der Waals surface area contributed by atoms with Crippen molar-refractivity contribution in [3.05, 3.63) is 70.9 Å². The second-order valence-corrected chi connectivity index (χ2v) is 5.67. The van der Waals surface area contributed by atoms with Crippen LogP contribution in [0.3, 0.4) is 0 Å². The van der Waals surface area contributed by atoms with Gasteiger partial charge in [-0.1, -0.05) is 18.2 Å². The Morgan fingerprint density at radius 3 is 2.38 bits per heavy atom. The third kappa shape index (κ3) is 2.99. The van der Waals surface area contributed by atoms with Crippen LogP contribution in [-0.2, 0) is 12.7 Å². The Bertz CT molecular complexity index is 908. The van der Waals surface area contributed by atoms with Gasteiger partial charge in [-0.05, 0) is 42.3 Å². The molecule has 0 aliphatic rings. The first-order chi connectivity index (χ1) is 11.3. The lowest BCUT2D eigenvalue weighted by Crippen LogP contribution is -2.05. The molecule has 0 radical (unpaired) electrons. The van der Waals surface area contributed by atoms with Gasteiger partial charge in [0.25, 0.3) is 0 Å². The van der Waals surface area contributed by atoms with Gasteiger partial charge in [0.1, 0.15) is 0 Å². The number of carbonyl (C=O) groups is 1. The molecule has 0 fully saturated rings. The summed E-state index contributed by atoms with van der Waals surface area (Å²) in [5.41, 5.74) is 1.92. The van der Waals surface area contributed by atoms with Crippen LogP contribution in [0.15, 0.2) is 48.7 Å². The number of halogens is 3. The van der Waals surface area contributed by atoms with Crippen molar-refractivity contribution in [3.63, 3.8) is 0 Å². The molecular weight excluding hydrogens is 319 g/mol. The minimum Gasteiger partial charge on any atom is -0.478 e. The van der Waals surface area contributed by atoms with Crippen LogP contribution in [0.2, 0.25) is 0 Å². The number of aromatic carboxylic acids is 1. The maximum Gasteiger partial charge on any atom is 0.416 e. The van der Waals surface area contributed by atoms with Crippen molar-refractivity contribution in [1.82, 2.24) is 4.57 Å². The molecule has 0 unspecified atom stereocenters. The number of hydrogen-bond donors (Lipinski definition) is 1. The topological polar surface area (TPSA) is 42.2 Å². The van der Waals surface area contributed by atoms with Crippen molar-refractivity contribution < 1.29 is 23.1 Å². The Hall–Kier alpha value is -2.76. The van der Waals surface area contributed by atoms with E-state index in [1.807, 2.05) is 17.7 Å². The van der Waals surface area contributed by atoms with Crippen molar-refractivity contribution in [2.75, 3.05) is 0 Å². The van der Waals surface area contributed by atoms with Gasteiger partial charge in [-0.3, -0.25) is 0 Å². The largest absolute Gasteiger partial charge is 0.478 e.